The van der Waals surface area contributed by atoms with Crippen LogP contribution in [0.3, 0.4) is 0 Å². The molecule has 1 aromatic heterocycles. The molecule has 0 radical (unpaired) electrons. The first kappa shape index (κ1) is 15.5. The van der Waals surface area contributed by atoms with Crippen molar-refractivity contribution in [3.05, 3.63) is 74.6 Å². The van der Waals surface area contributed by atoms with Crippen LogP contribution in [0.4, 0.5) is 5.69 Å². The van der Waals surface area contributed by atoms with Gasteiger partial charge in [0.25, 0.3) is 11.5 Å². The Morgan fingerprint density at radius 1 is 1.13 bits per heavy atom. The molecule has 0 aliphatic rings. The number of hydrogen-bond acceptors (Lipinski definition) is 2. The van der Waals surface area contributed by atoms with Crippen molar-refractivity contribution in [2.45, 2.75) is 6.92 Å². The number of pyridine rings is 1. The van der Waals surface area contributed by atoms with Crippen LogP contribution in [0.5, 0.6) is 0 Å². The molecule has 0 saturated carbocycles. The lowest BCUT2D eigenvalue weighted by Gasteiger charge is -2.12. The summed E-state index contributed by atoms with van der Waals surface area (Å²) >= 11 is 3.41. The average Bonchev–Trinajstić information content (AvgIpc) is 2.53. The number of aromatic nitrogens is 1. The molecule has 0 spiro atoms. The minimum absolute atomic E-state index is 0.114. The van der Waals surface area contributed by atoms with Crippen molar-refractivity contribution in [3.8, 4) is 0 Å². The molecule has 1 amide bonds. The van der Waals surface area contributed by atoms with E-state index in [4.69, 9.17) is 0 Å². The van der Waals surface area contributed by atoms with E-state index in [1.165, 1.54) is 4.57 Å². The summed E-state index contributed by atoms with van der Waals surface area (Å²) in [5.41, 5.74) is 2.07. The fourth-order valence-electron chi connectivity index (χ4n) is 2.55. The van der Waals surface area contributed by atoms with Crippen LogP contribution in [0, 0.1) is 6.92 Å². The summed E-state index contributed by atoms with van der Waals surface area (Å²) in [7, 11) is 1.65. The van der Waals surface area contributed by atoms with E-state index in [1.54, 1.807) is 31.4 Å². The molecule has 4 nitrogen and oxygen atoms in total. The molecule has 0 unspecified atom stereocenters. The molecular formula is C18H15BrN2O2. The maximum atomic E-state index is 12.7. The van der Waals surface area contributed by atoms with E-state index in [1.807, 2.05) is 31.2 Å². The summed E-state index contributed by atoms with van der Waals surface area (Å²) in [6, 6.07) is 12.8. The van der Waals surface area contributed by atoms with Gasteiger partial charge in [-0.3, -0.25) is 9.59 Å². The van der Waals surface area contributed by atoms with Crippen LogP contribution in [-0.2, 0) is 7.05 Å². The molecule has 0 atom stereocenters. The highest BCUT2D eigenvalue weighted by atomic mass is 79.9. The summed E-state index contributed by atoms with van der Waals surface area (Å²) in [5.74, 6) is -0.234. The zero-order valence-corrected chi connectivity index (χ0v) is 14.3. The fraction of sp³-hybridized carbons (Fsp3) is 0.111. The van der Waals surface area contributed by atoms with E-state index in [-0.39, 0.29) is 11.5 Å². The Morgan fingerprint density at radius 3 is 2.52 bits per heavy atom. The first-order valence-corrected chi connectivity index (χ1v) is 7.92. The Bertz CT molecular complexity index is 976. The molecular weight excluding hydrogens is 356 g/mol. The number of amides is 1. The number of halogens is 1. The van der Waals surface area contributed by atoms with Gasteiger partial charge in [0, 0.05) is 34.2 Å². The van der Waals surface area contributed by atoms with E-state index in [0.29, 0.717) is 16.3 Å². The van der Waals surface area contributed by atoms with Gasteiger partial charge in [-0.25, -0.2) is 0 Å². The maximum Gasteiger partial charge on any atom is 0.258 e. The molecule has 1 N–H and O–H groups in total. The SMILES string of the molecule is Cc1cc(Br)ccc1NC(=O)c1cn(C)c(=O)c2ccccc12. The molecule has 0 aliphatic carbocycles. The monoisotopic (exact) mass is 370 g/mol. The largest absolute Gasteiger partial charge is 0.322 e. The van der Waals surface area contributed by atoms with Crippen LogP contribution in [0.15, 0.2) is 57.9 Å². The first-order valence-electron chi connectivity index (χ1n) is 7.13. The van der Waals surface area contributed by atoms with E-state index in [9.17, 15) is 9.59 Å². The fourth-order valence-corrected chi connectivity index (χ4v) is 3.03. The Kier molecular flexibility index (Phi) is 4.05. The van der Waals surface area contributed by atoms with Crippen molar-refractivity contribution in [1.82, 2.24) is 4.57 Å². The van der Waals surface area contributed by atoms with Gasteiger partial charge in [0.1, 0.15) is 0 Å². The summed E-state index contributed by atoms with van der Waals surface area (Å²) in [4.78, 5) is 24.9. The van der Waals surface area contributed by atoms with Crippen LogP contribution in [-0.4, -0.2) is 10.5 Å². The van der Waals surface area contributed by atoms with E-state index >= 15 is 0 Å². The Morgan fingerprint density at radius 2 is 1.83 bits per heavy atom. The third-order valence-electron chi connectivity index (χ3n) is 3.77. The third kappa shape index (κ3) is 2.92. The normalized spacial score (nSPS) is 10.7. The smallest absolute Gasteiger partial charge is 0.258 e. The Labute approximate surface area is 141 Å². The van der Waals surface area contributed by atoms with Gasteiger partial charge < -0.3 is 9.88 Å². The lowest BCUT2D eigenvalue weighted by Crippen LogP contribution is -2.21. The number of fused-ring (bicyclic) bond motifs is 1. The molecule has 0 bridgehead atoms. The molecule has 1 heterocycles. The molecule has 2 aromatic carbocycles. The van der Waals surface area contributed by atoms with Gasteiger partial charge in [0.05, 0.1) is 5.56 Å². The molecule has 23 heavy (non-hydrogen) atoms. The van der Waals surface area contributed by atoms with E-state index in [2.05, 4.69) is 21.2 Å². The van der Waals surface area contributed by atoms with Gasteiger partial charge in [-0.15, -0.1) is 0 Å². The average molecular weight is 371 g/mol. The molecule has 3 rings (SSSR count). The summed E-state index contributed by atoms with van der Waals surface area (Å²) in [5, 5.41) is 4.11. The lowest BCUT2D eigenvalue weighted by molar-refractivity contribution is 0.102. The number of carbonyl (C=O) groups is 1. The van der Waals surface area contributed by atoms with Crippen LogP contribution < -0.4 is 10.9 Å². The van der Waals surface area contributed by atoms with Crippen molar-refractivity contribution in [1.29, 1.82) is 0 Å². The molecule has 5 heteroatoms. The Balaban J connectivity index is 2.08. The van der Waals surface area contributed by atoms with Crippen LogP contribution >= 0.6 is 15.9 Å². The molecule has 0 fully saturated rings. The minimum atomic E-state index is -0.234. The molecule has 3 aromatic rings. The second-order valence-corrected chi connectivity index (χ2v) is 6.33. The topological polar surface area (TPSA) is 51.1 Å². The summed E-state index contributed by atoms with van der Waals surface area (Å²) < 4.78 is 2.40. The number of nitrogens with one attached hydrogen (secondary N) is 1. The van der Waals surface area contributed by atoms with Crippen molar-refractivity contribution in [2.75, 3.05) is 5.32 Å². The van der Waals surface area contributed by atoms with Crippen molar-refractivity contribution in [3.63, 3.8) is 0 Å². The van der Waals surface area contributed by atoms with Gasteiger partial charge in [-0.05, 0) is 36.8 Å². The predicted octanol–water partition coefficient (Wildman–Crippen LogP) is 3.86. The Hall–Kier alpha value is -2.40. The van der Waals surface area contributed by atoms with Crippen LogP contribution in [0.1, 0.15) is 15.9 Å². The van der Waals surface area contributed by atoms with Crippen molar-refractivity contribution in [2.24, 2.45) is 7.05 Å². The number of nitrogens with zero attached hydrogens (tertiary/aromatic N) is 1. The number of rotatable bonds is 2. The van der Waals surface area contributed by atoms with E-state index in [0.717, 1.165) is 15.7 Å². The van der Waals surface area contributed by atoms with Gasteiger partial charge in [0.2, 0.25) is 0 Å². The number of anilines is 1. The number of carbonyl (C=O) groups excluding carboxylic acids is 1. The van der Waals surface area contributed by atoms with Gasteiger partial charge in [0.15, 0.2) is 0 Å². The summed E-state index contributed by atoms with van der Waals surface area (Å²) in [6.45, 7) is 1.93. The quantitative estimate of drug-likeness (QED) is 0.744. The van der Waals surface area contributed by atoms with Crippen LogP contribution in [0.25, 0.3) is 10.8 Å². The van der Waals surface area contributed by atoms with Gasteiger partial charge >= 0.3 is 0 Å². The molecule has 0 aliphatic heterocycles. The number of aryl methyl sites for hydroxylation is 2. The highest BCUT2D eigenvalue weighted by Crippen LogP contribution is 2.22. The zero-order valence-electron chi connectivity index (χ0n) is 12.8. The molecule has 116 valence electrons. The van der Waals surface area contributed by atoms with Crippen molar-refractivity contribution >= 4 is 38.3 Å². The summed E-state index contributed by atoms with van der Waals surface area (Å²) in [6.07, 6.45) is 1.58. The lowest BCUT2D eigenvalue weighted by atomic mass is 10.1. The van der Waals surface area contributed by atoms with Gasteiger partial charge in [-0.2, -0.15) is 0 Å². The van der Waals surface area contributed by atoms with Crippen molar-refractivity contribution < 1.29 is 4.79 Å². The standard InChI is InChI=1S/C18H15BrN2O2/c1-11-9-12(19)7-8-16(11)20-17(22)15-10-21(2)18(23)14-6-4-3-5-13(14)15/h3-10H,1-2H3,(H,20,22). The van der Waals surface area contributed by atoms with E-state index < -0.39 is 0 Å². The van der Waals surface area contributed by atoms with Gasteiger partial charge in [-0.1, -0.05) is 34.1 Å². The second-order valence-electron chi connectivity index (χ2n) is 5.42. The van der Waals surface area contributed by atoms with Crippen LogP contribution in [0.2, 0.25) is 0 Å². The number of hydrogen-bond donors (Lipinski definition) is 1. The predicted molar refractivity (Wildman–Crippen MR) is 96.0 cm³/mol. The second kappa shape index (κ2) is 6.01. The third-order valence-corrected chi connectivity index (χ3v) is 4.27. The molecule has 0 saturated heterocycles. The highest BCUT2D eigenvalue weighted by molar-refractivity contribution is 9.10. The zero-order chi connectivity index (χ0) is 16.6. The number of benzene rings is 2. The maximum absolute atomic E-state index is 12.7. The first-order chi connectivity index (χ1) is 11.0. The minimum Gasteiger partial charge on any atom is -0.322 e. The highest BCUT2D eigenvalue weighted by Gasteiger charge is 2.14.